The van der Waals surface area contributed by atoms with Gasteiger partial charge >= 0.3 is 0 Å². The summed E-state index contributed by atoms with van der Waals surface area (Å²) in [5, 5.41) is 2.23. The summed E-state index contributed by atoms with van der Waals surface area (Å²) in [6.45, 7) is 9.46. The van der Waals surface area contributed by atoms with Crippen molar-refractivity contribution in [2.75, 3.05) is 0 Å². The van der Waals surface area contributed by atoms with E-state index in [2.05, 4.69) is 173 Å². The molecular formula is C52H38O2. The molecule has 0 radical (unpaired) electrons. The topological polar surface area (TPSA) is 18.5 Å². The van der Waals surface area contributed by atoms with Crippen molar-refractivity contribution in [2.24, 2.45) is 5.92 Å². The average molecular weight is 695 g/mol. The molecule has 5 aliphatic rings. The van der Waals surface area contributed by atoms with Gasteiger partial charge < -0.3 is 9.47 Å². The Labute approximate surface area is 316 Å². The van der Waals surface area contributed by atoms with E-state index in [4.69, 9.17) is 9.47 Å². The van der Waals surface area contributed by atoms with Crippen molar-refractivity contribution < 1.29 is 9.47 Å². The molecule has 0 bridgehead atoms. The summed E-state index contributed by atoms with van der Waals surface area (Å²) in [5.74, 6) is 4.47. The highest BCUT2D eigenvalue weighted by molar-refractivity contribution is 6.14. The normalized spacial score (nSPS) is 19.2. The minimum atomic E-state index is -0.0442. The number of benzene rings is 7. The van der Waals surface area contributed by atoms with E-state index in [-0.39, 0.29) is 10.8 Å². The molecule has 7 aromatic rings. The summed E-state index contributed by atoms with van der Waals surface area (Å²) in [5.41, 5.74) is 17.7. The second kappa shape index (κ2) is 10.3. The first-order chi connectivity index (χ1) is 26.3. The third-order valence-corrected chi connectivity index (χ3v) is 13.4. The smallest absolute Gasteiger partial charge is 0.136 e. The Kier molecular flexibility index (Phi) is 5.79. The zero-order chi connectivity index (χ0) is 36.1. The number of hydrogen-bond acceptors (Lipinski definition) is 2. The summed E-state index contributed by atoms with van der Waals surface area (Å²) in [6.07, 6.45) is 9.17. The van der Waals surface area contributed by atoms with Crippen molar-refractivity contribution in [1.82, 2.24) is 0 Å². The Morgan fingerprint density at radius 3 is 1.61 bits per heavy atom. The molecule has 2 nitrogen and oxygen atoms in total. The van der Waals surface area contributed by atoms with Gasteiger partial charge in [0, 0.05) is 33.2 Å². The molecular weight excluding hydrogens is 657 g/mol. The van der Waals surface area contributed by atoms with Crippen LogP contribution >= 0.6 is 0 Å². The quantitative estimate of drug-likeness (QED) is 0.179. The fraction of sp³-hybridized carbons (Fsp3) is 0.154. The Hall–Kier alpha value is -6.12. The van der Waals surface area contributed by atoms with Gasteiger partial charge in [-0.25, -0.2) is 0 Å². The first kappa shape index (κ1) is 30.4. The standard InChI is InChI=1S/C52H38O2/c1-51(2)41-11-7-5-9-33(41)35-17-13-29(25-43(35)51)31-15-19-37-39-21-22-40-38-20-16-32(28-48(38)54-46-24-23-45(49(39)50(40)46)53-47(37)27-31)30-14-18-36-34-10-6-8-12-42(34)52(3,4)44(36)26-30/h5-28,33,41H,1-4H3. The molecule has 0 N–H and O–H groups in total. The fourth-order valence-corrected chi connectivity index (χ4v) is 10.5. The second-order valence-electron chi connectivity index (χ2n) is 16.9. The van der Waals surface area contributed by atoms with Crippen molar-refractivity contribution in [2.45, 2.75) is 44.4 Å². The Morgan fingerprint density at radius 2 is 0.944 bits per heavy atom. The maximum atomic E-state index is 6.77. The second-order valence-corrected chi connectivity index (χ2v) is 16.9. The van der Waals surface area contributed by atoms with Gasteiger partial charge in [0.25, 0.3) is 0 Å². The van der Waals surface area contributed by atoms with Gasteiger partial charge in [-0.2, -0.15) is 0 Å². The van der Waals surface area contributed by atoms with E-state index in [0.29, 0.717) is 11.8 Å². The molecule has 258 valence electrons. The molecule has 2 heterocycles. The molecule has 2 aliphatic heterocycles. The van der Waals surface area contributed by atoms with Gasteiger partial charge in [-0.15, -0.1) is 0 Å². The Bertz CT molecular complexity index is 2900. The van der Waals surface area contributed by atoms with Gasteiger partial charge in [-0.3, -0.25) is 0 Å². The highest BCUT2D eigenvalue weighted by Crippen LogP contribution is 2.57. The van der Waals surface area contributed by atoms with E-state index in [1.54, 1.807) is 0 Å². The highest BCUT2D eigenvalue weighted by Gasteiger charge is 2.44. The molecule has 7 aromatic carbocycles. The Balaban J connectivity index is 0.911. The minimum absolute atomic E-state index is 0.0442. The lowest BCUT2D eigenvalue weighted by molar-refractivity contribution is 0.394. The van der Waals surface area contributed by atoms with Crippen LogP contribution in [0, 0.1) is 5.92 Å². The van der Waals surface area contributed by atoms with Gasteiger partial charge in [0.05, 0.1) is 0 Å². The monoisotopic (exact) mass is 694 g/mol. The van der Waals surface area contributed by atoms with E-state index in [1.807, 2.05) is 0 Å². The van der Waals surface area contributed by atoms with E-state index >= 15 is 0 Å². The van der Waals surface area contributed by atoms with Crippen molar-refractivity contribution in [3.63, 3.8) is 0 Å². The van der Waals surface area contributed by atoms with Crippen LogP contribution in [0.3, 0.4) is 0 Å². The number of ether oxygens (including phenoxy) is 2. The summed E-state index contributed by atoms with van der Waals surface area (Å²) in [4.78, 5) is 0. The lowest BCUT2D eigenvalue weighted by Crippen LogP contribution is -2.24. The number of hydrogen-bond donors (Lipinski definition) is 0. The van der Waals surface area contributed by atoms with Gasteiger partial charge in [-0.1, -0.05) is 131 Å². The first-order valence-electron chi connectivity index (χ1n) is 19.2. The number of fused-ring (bicyclic) bond motifs is 10. The molecule has 2 unspecified atom stereocenters. The van der Waals surface area contributed by atoms with E-state index in [9.17, 15) is 0 Å². The molecule has 54 heavy (non-hydrogen) atoms. The molecule has 0 aromatic heterocycles. The van der Waals surface area contributed by atoms with Gasteiger partial charge in [0.2, 0.25) is 0 Å². The van der Waals surface area contributed by atoms with E-state index in [0.717, 1.165) is 50.5 Å². The Morgan fingerprint density at radius 1 is 0.426 bits per heavy atom. The largest absolute Gasteiger partial charge is 0.456 e. The number of rotatable bonds is 2. The van der Waals surface area contributed by atoms with Crippen LogP contribution < -0.4 is 9.47 Å². The van der Waals surface area contributed by atoms with Crippen LogP contribution in [0.4, 0.5) is 0 Å². The zero-order valence-corrected chi connectivity index (χ0v) is 30.8. The van der Waals surface area contributed by atoms with Crippen molar-refractivity contribution in [3.8, 4) is 78.6 Å². The molecule has 2 heteroatoms. The van der Waals surface area contributed by atoms with Crippen LogP contribution in [0.2, 0.25) is 0 Å². The van der Waals surface area contributed by atoms with Crippen molar-refractivity contribution in [1.29, 1.82) is 0 Å². The fourth-order valence-electron chi connectivity index (χ4n) is 10.5. The molecule has 0 amide bonds. The third-order valence-electron chi connectivity index (χ3n) is 13.4. The van der Waals surface area contributed by atoms with Gasteiger partial charge in [0.15, 0.2) is 0 Å². The van der Waals surface area contributed by atoms with Crippen LogP contribution in [0.15, 0.2) is 146 Å². The van der Waals surface area contributed by atoms with Gasteiger partial charge in [-0.05, 0) is 121 Å². The van der Waals surface area contributed by atoms with E-state index in [1.165, 1.54) is 61.2 Å². The van der Waals surface area contributed by atoms with Crippen LogP contribution in [0.1, 0.15) is 55.9 Å². The highest BCUT2D eigenvalue weighted by atomic mass is 16.5. The summed E-state index contributed by atoms with van der Waals surface area (Å²) >= 11 is 0. The van der Waals surface area contributed by atoms with E-state index < -0.39 is 0 Å². The molecule has 0 saturated heterocycles. The van der Waals surface area contributed by atoms with Crippen LogP contribution in [-0.2, 0) is 10.8 Å². The molecule has 0 fully saturated rings. The molecule has 12 rings (SSSR count). The minimum Gasteiger partial charge on any atom is -0.456 e. The van der Waals surface area contributed by atoms with Crippen LogP contribution in [0.5, 0.6) is 23.0 Å². The van der Waals surface area contributed by atoms with Crippen LogP contribution in [0.25, 0.3) is 66.4 Å². The predicted molar refractivity (Wildman–Crippen MR) is 221 cm³/mol. The first-order valence-corrected chi connectivity index (χ1v) is 19.2. The lowest BCUT2D eigenvalue weighted by Gasteiger charge is -2.29. The van der Waals surface area contributed by atoms with Crippen molar-refractivity contribution in [3.05, 3.63) is 168 Å². The molecule has 0 spiro atoms. The van der Waals surface area contributed by atoms with Crippen LogP contribution in [-0.4, -0.2) is 0 Å². The summed E-state index contributed by atoms with van der Waals surface area (Å²) < 4.78 is 13.5. The lowest BCUT2D eigenvalue weighted by atomic mass is 9.74. The van der Waals surface area contributed by atoms with Crippen molar-refractivity contribution >= 4 is 10.8 Å². The third kappa shape index (κ3) is 3.90. The molecule has 0 saturated carbocycles. The maximum Gasteiger partial charge on any atom is 0.136 e. The zero-order valence-electron chi connectivity index (χ0n) is 30.8. The summed E-state index contributed by atoms with van der Waals surface area (Å²) in [7, 11) is 0. The number of allylic oxidation sites excluding steroid dienone is 4. The summed E-state index contributed by atoms with van der Waals surface area (Å²) in [6, 6.07) is 44.9. The predicted octanol–water partition coefficient (Wildman–Crippen LogP) is 14.1. The maximum absolute atomic E-state index is 6.77. The SMILES string of the molecule is CC1(C)c2ccccc2-c2ccc(-c3ccc4c(c3)Oc3ccc5c6c(ccc-4c36)-c3ccc(-c4ccc6c(c4)C(C)(C)C4C=CC=CC64)cc3O5)cc21. The van der Waals surface area contributed by atoms with Gasteiger partial charge in [0.1, 0.15) is 23.0 Å². The molecule has 3 aliphatic carbocycles. The average Bonchev–Trinajstić information content (AvgIpc) is 3.58. The molecule has 2 atom stereocenters.